The van der Waals surface area contributed by atoms with Crippen molar-refractivity contribution in [3.05, 3.63) is 44.5 Å². The van der Waals surface area contributed by atoms with Gasteiger partial charge in [0.25, 0.3) is 5.56 Å². The van der Waals surface area contributed by atoms with Gasteiger partial charge in [-0.3, -0.25) is 9.36 Å². The summed E-state index contributed by atoms with van der Waals surface area (Å²) in [6, 6.07) is 0. The Labute approximate surface area is 152 Å². The zero-order chi connectivity index (χ0) is 17.8. The van der Waals surface area contributed by atoms with Crippen molar-refractivity contribution in [3.8, 4) is 0 Å². The monoisotopic (exact) mass is 352 g/mol. The zero-order valence-electron chi connectivity index (χ0n) is 15.4. The van der Waals surface area contributed by atoms with E-state index in [0.29, 0.717) is 19.0 Å². The highest BCUT2D eigenvalue weighted by atomic mass is 16.1. The number of anilines is 1. The van der Waals surface area contributed by atoms with Crippen LogP contribution in [0.5, 0.6) is 0 Å². The Bertz CT molecular complexity index is 944. The van der Waals surface area contributed by atoms with E-state index in [-0.39, 0.29) is 5.56 Å². The van der Waals surface area contributed by atoms with E-state index in [9.17, 15) is 4.79 Å². The van der Waals surface area contributed by atoms with E-state index in [1.165, 1.54) is 31.2 Å². The Hall–Kier alpha value is -2.28. The summed E-state index contributed by atoms with van der Waals surface area (Å²) in [5.74, 6) is 3.24. The molecule has 2 aromatic heterocycles. The first-order valence-corrected chi connectivity index (χ1v) is 9.52. The average Bonchev–Trinajstić information content (AvgIpc) is 3.37. The molecule has 0 radical (unpaired) electrons. The third-order valence-electron chi connectivity index (χ3n) is 6.09. The molecular formula is C19H24N6O. The first-order chi connectivity index (χ1) is 12.6. The van der Waals surface area contributed by atoms with E-state index < -0.39 is 0 Å². The maximum absolute atomic E-state index is 12.6. The molecule has 1 aliphatic carbocycles. The van der Waals surface area contributed by atoms with Crippen molar-refractivity contribution in [2.75, 3.05) is 4.90 Å². The van der Waals surface area contributed by atoms with Gasteiger partial charge in [-0.15, -0.1) is 0 Å². The Morgan fingerprint density at radius 1 is 1.00 bits per heavy atom. The maximum Gasteiger partial charge on any atom is 0.258 e. The smallest absolute Gasteiger partial charge is 0.258 e. The van der Waals surface area contributed by atoms with Crippen molar-refractivity contribution in [3.63, 3.8) is 0 Å². The van der Waals surface area contributed by atoms with E-state index in [1.807, 2.05) is 6.92 Å². The van der Waals surface area contributed by atoms with Crippen molar-refractivity contribution in [1.29, 1.82) is 0 Å². The van der Waals surface area contributed by atoms with Crippen molar-refractivity contribution in [2.24, 2.45) is 7.05 Å². The van der Waals surface area contributed by atoms with Crippen LogP contribution >= 0.6 is 0 Å². The largest absolute Gasteiger partial charge is 0.346 e. The molecule has 7 nitrogen and oxygen atoms in total. The number of hydrogen-bond acceptors (Lipinski definition) is 6. The molecule has 0 bridgehead atoms. The second kappa shape index (κ2) is 5.87. The Morgan fingerprint density at radius 2 is 1.81 bits per heavy atom. The maximum atomic E-state index is 12.6. The summed E-state index contributed by atoms with van der Waals surface area (Å²) in [6.07, 6.45) is 4.92. The van der Waals surface area contributed by atoms with Crippen LogP contribution in [-0.2, 0) is 33.2 Å². The van der Waals surface area contributed by atoms with Gasteiger partial charge >= 0.3 is 0 Å². The molecule has 0 atom stereocenters. The first kappa shape index (κ1) is 15.9. The van der Waals surface area contributed by atoms with Crippen LogP contribution in [0, 0.1) is 6.92 Å². The number of nitrogens with zero attached hydrogens (tertiary/aromatic N) is 5. The van der Waals surface area contributed by atoms with Gasteiger partial charge in [0.05, 0.1) is 30.0 Å². The molecule has 3 aliphatic rings. The lowest BCUT2D eigenvalue weighted by atomic mass is 10.1. The molecule has 7 heteroatoms. The van der Waals surface area contributed by atoms with Gasteiger partial charge in [-0.05, 0) is 19.8 Å². The summed E-state index contributed by atoms with van der Waals surface area (Å²) in [4.78, 5) is 29.4. The lowest BCUT2D eigenvalue weighted by Gasteiger charge is -2.21. The number of aromatic nitrogens is 4. The minimum atomic E-state index is 0.0647. The highest BCUT2D eigenvalue weighted by Gasteiger charge is 2.31. The molecule has 2 aromatic rings. The van der Waals surface area contributed by atoms with E-state index in [1.54, 1.807) is 11.6 Å². The molecule has 1 fully saturated rings. The predicted octanol–water partition coefficient (Wildman–Crippen LogP) is 1.66. The Morgan fingerprint density at radius 3 is 2.62 bits per heavy atom. The van der Waals surface area contributed by atoms with Gasteiger partial charge in [-0.25, -0.2) is 15.0 Å². The van der Waals surface area contributed by atoms with Gasteiger partial charge in [-0.2, -0.15) is 0 Å². The SMILES string of the molecule is Cc1nc2c(c(=O)n1C)CN(c1nc(C3CCCC3)nc3c1CNC3)C2. The van der Waals surface area contributed by atoms with Gasteiger partial charge in [0, 0.05) is 31.6 Å². The molecule has 136 valence electrons. The highest BCUT2D eigenvalue weighted by Crippen LogP contribution is 2.36. The van der Waals surface area contributed by atoms with E-state index in [4.69, 9.17) is 9.97 Å². The normalized spacial score (nSPS) is 19.2. The third-order valence-corrected chi connectivity index (χ3v) is 6.09. The molecule has 0 spiro atoms. The molecule has 0 amide bonds. The lowest BCUT2D eigenvalue weighted by Crippen LogP contribution is -2.25. The Kier molecular flexibility index (Phi) is 3.60. The molecule has 5 rings (SSSR count). The van der Waals surface area contributed by atoms with Gasteiger partial charge in [0.1, 0.15) is 17.5 Å². The number of rotatable bonds is 2. The average molecular weight is 352 g/mol. The minimum Gasteiger partial charge on any atom is -0.346 e. The molecular weight excluding hydrogens is 328 g/mol. The molecule has 1 saturated carbocycles. The summed E-state index contributed by atoms with van der Waals surface area (Å²) < 4.78 is 1.64. The molecule has 0 unspecified atom stereocenters. The van der Waals surface area contributed by atoms with Gasteiger partial charge < -0.3 is 10.2 Å². The van der Waals surface area contributed by atoms with Crippen LogP contribution in [0.1, 0.15) is 65.8 Å². The summed E-state index contributed by atoms with van der Waals surface area (Å²) >= 11 is 0. The third kappa shape index (κ3) is 2.37. The molecule has 4 heterocycles. The lowest BCUT2D eigenvalue weighted by molar-refractivity contribution is 0.655. The number of fused-ring (bicyclic) bond motifs is 2. The first-order valence-electron chi connectivity index (χ1n) is 9.52. The van der Waals surface area contributed by atoms with Crippen LogP contribution in [0.2, 0.25) is 0 Å². The van der Waals surface area contributed by atoms with E-state index in [0.717, 1.165) is 47.5 Å². The Balaban J connectivity index is 1.56. The van der Waals surface area contributed by atoms with Crippen LogP contribution in [0.3, 0.4) is 0 Å². The van der Waals surface area contributed by atoms with Gasteiger partial charge in [0.2, 0.25) is 0 Å². The molecule has 2 aliphatic heterocycles. The minimum absolute atomic E-state index is 0.0647. The fourth-order valence-corrected chi connectivity index (χ4v) is 4.47. The van der Waals surface area contributed by atoms with Gasteiger partial charge in [0.15, 0.2) is 0 Å². The van der Waals surface area contributed by atoms with Crippen LogP contribution in [-0.4, -0.2) is 19.5 Å². The molecule has 0 saturated heterocycles. The van der Waals surface area contributed by atoms with Crippen molar-refractivity contribution in [1.82, 2.24) is 24.8 Å². The number of nitrogens with one attached hydrogen (secondary N) is 1. The van der Waals surface area contributed by atoms with Crippen molar-refractivity contribution in [2.45, 2.75) is 64.7 Å². The summed E-state index contributed by atoms with van der Waals surface area (Å²) in [5.41, 5.74) is 4.08. The summed E-state index contributed by atoms with van der Waals surface area (Å²) in [6.45, 7) is 4.73. The van der Waals surface area contributed by atoms with E-state index >= 15 is 0 Å². The second-order valence-electron chi connectivity index (χ2n) is 7.72. The fraction of sp³-hybridized carbons (Fsp3) is 0.579. The van der Waals surface area contributed by atoms with Gasteiger partial charge in [-0.1, -0.05) is 12.8 Å². The second-order valence-corrected chi connectivity index (χ2v) is 7.72. The van der Waals surface area contributed by atoms with Crippen LogP contribution < -0.4 is 15.8 Å². The summed E-state index contributed by atoms with van der Waals surface area (Å²) in [7, 11) is 1.79. The van der Waals surface area contributed by atoms with Crippen molar-refractivity contribution < 1.29 is 0 Å². The molecule has 26 heavy (non-hydrogen) atoms. The van der Waals surface area contributed by atoms with E-state index in [2.05, 4.69) is 15.2 Å². The highest BCUT2D eigenvalue weighted by molar-refractivity contribution is 5.54. The fourth-order valence-electron chi connectivity index (χ4n) is 4.47. The topological polar surface area (TPSA) is 75.9 Å². The predicted molar refractivity (Wildman–Crippen MR) is 97.9 cm³/mol. The quantitative estimate of drug-likeness (QED) is 0.886. The van der Waals surface area contributed by atoms with Crippen LogP contribution in [0.25, 0.3) is 0 Å². The van der Waals surface area contributed by atoms with Crippen molar-refractivity contribution >= 4 is 5.82 Å². The summed E-state index contributed by atoms with van der Waals surface area (Å²) in [5, 5.41) is 3.41. The van der Waals surface area contributed by atoms with Crippen LogP contribution in [0.4, 0.5) is 5.82 Å². The number of aryl methyl sites for hydroxylation is 1. The zero-order valence-corrected chi connectivity index (χ0v) is 15.4. The van der Waals surface area contributed by atoms with Crippen LogP contribution in [0.15, 0.2) is 4.79 Å². The number of hydrogen-bond donors (Lipinski definition) is 1. The molecule has 1 N–H and O–H groups in total. The standard InChI is InChI=1S/C19H24N6O/c1-11-21-16-10-25(9-14(16)19(26)24(11)2)18-13-7-20-8-15(13)22-17(23-18)12-5-3-4-6-12/h12,20H,3-10H2,1-2H3. The molecule has 0 aromatic carbocycles.